The zero-order valence-electron chi connectivity index (χ0n) is 14.4. The summed E-state index contributed by atoms with van der Waals surface area (Å²) in [7, 11) is 0. The van der Waals surface area contributed by atoms with Crippen LogP contribution in [-0.4, -0.2) is 33.9 Å². The lowest BCUT2D eigenvalue weighted by atomic mass is 10.1. The molecule has 26 heavy (non-hydrogen) atoms. The largest absolute Gasteiger partial charge is 0.462 e. The fraction of sp³-hybridized carbons (Fsp3) is 0.400. The van der Waals surface area contributed by atoms with Crippen LogP contribution in [-0.2, 0) is 9.53 Å². The minimum Gasteiger partial charge on any atom is -0.462 e. The van der Waals surface area contributed by atoms with Gasteiger partial charge in [-0.15, -0.1) is 21.5 Å². The van der Waals surface area contributed by atoms with E-state index in [4.69, 9.17) is 10.5 Å². The van der Waals surface area contributed by atoms with E-state index in [9.17, 15) is 14.9 Å². The van der Waals surface area contributed by atoms with Crippen LogP contribution in [0.15, 0.2) is 4.34 Å². The highest BCUT2D eigenvalue weighted by molar-refractivity contribution is 8.02. The van der Waals surface area contributed by atoms with E-state index < -0.39 is 11.2 Å². The van der Waals surface area contributed by atoms with Crippen molar-refractivity contribution in [1.29, 1.82) is 5.26 Å². The highest BCUT2D eigenvalue weighted by Crippen LogP contribution is 2.35. The van der Waals surface area contributed by atoms with E-state index in [0.717, 1.165) is 11.3 Å². The molecule has 0 radical (unpaired) electrons. The van der Waals surface area contributed by atoms with E-state index in [0.29, 0.717) is 31.3 Å². The summed E-state index contributed by atoms with van der Waals surface area (Å²) in [5.41, 5.74) is 6.33. The Balaban J connectivity index is 2.20. The molecule has 3 N–H and O–H groups in total. The molecule has 2 aromatic rings. The number of amides is 1. The molecule has 0 bridgehead atoms. The van der Waals surface area contributed by atoms with Gasteiger partial charge in [0.1, 0.15) is 15.9 Å². The molecule has 0 aliphatic heterocycles. The van der Waals surface area contributed by atoms with Gasteiger partial charge in [0.05, 0.1) is 17.4 Å². The van der Waals surface area contributed by atoms with Crippen LogP contribution in [0.5, 0.6) is 0 Å². The third-order valence-corrected chi connectivity index (χ3v) is 6.67. The number of nitrogens with zero attached hydrogens (tertiary/aromatic N) is 3. The summed E-state index contributed by atoms with van der Waals surface area (Å²) >= 11 is 3.51. The summed E-state index contributed by atoms with van der Waals surface area (Å²) in [5, 5.41) is 20.0. The summed E-state index contributed by atoms with van der Waals surface area (Å²) in [6.45, 7) is 5.47. The van der Waals surface area contributed by atoms with Crippen molar-refractivity contribution in [1.82, 2.24) is 10.2 Å². The van der Waals surface area contributed by atoms with E-state index in [1.807, 2.05) is 13.0 Å². The summed E-state index contributed by atoms with van der Waals surface area (Å²) in [6.07, 6.45) is 0.549. The van der Waals surface area contributed by atoms with Gasteiger partial charge in [0, 0.05) is 0 Å². The van der Waals surface area contributed by atoms with Crippen molar-refractivity contribution in [3.63, 3.8) is 0 Å². The molecule has 0 aromatic carbocycles. The van der Waals surface area contributed by atoms with Gasteiger partial charge >= 0.3 is 5.97 Å². The molecule has 2 aromatic heterocycles. The fourth-order valence-corrected chi connectivity index (χ4v) is 4.89. The molecule has 0 aliphatic rings. The Morgan fingerprint density at radius 3 is 2.65 bits per heavy atom. The van der Waals surface area contributed by atoms with E-state index in [1.165, 1.54) is 23.1 Å². The smallest absolute Gasteiger partial charge is 0.348 e. The molecule has 8 nitrogen and oxygen atoms in total. The van der Waals surface area contributed by atoms with Gasteiger partial charge in [-0.25, -0.2) is 4.79 Å². The second-order valence-corrected chi connectivity index (χ2v) is 8.48. The number of nitrogen functional groups attached to an aromatic ring is 1. The molecule has 1 amide bonds. The van der Waals surface area contributed by atoms with Crippen LogP contribution in [0.1, 0.15) is 41.1 Å². The molecule has 0 saturated carbocycles. The van der Waals surface area contributed by atoms with E-state index >= 15 is 0 Å². The molecule has 2 rings (SSSR count). The highest BCUT2D eigenvalue weighted by Gasteiger charge is 2.25. The summed E-state index contributed by atoms with van der Waals surface area (Å²) in [5.74, 6) is -0.780. The Morgan fingerprint density at radius 1 is 1.38 bits per heavy atom. The number of esters is 1. The quantitative estimate of drug-likeness (QED) is 0.525. The van der Waals surface area contributed by atoms with Crippen LogP contribution in [0.25, 0.3) is 0 Å². The molecule has 1 unspecified atom stereocenters. The van der Waals surface area contributed by atoms with Crippen LogP contribution in [0.2, 0.25) is 0 Å². The number of rotatable bonds is 7. The Labute approximate surface area is 162 Å². The first kappa shape index (κ1) is 20.2. The van der Waals surface area contributed by atoms with Gasteiger partial charge in [0.15, 0.2) is 4.34 Å². The van der Waals surface area contributed by atoms with Gasteiger partial charge in [0.25, 0.3) is 0 Å². The molecule has 138 valence electrons. The first-order valence-corrected chi connectivity index (χ1v) is 10.2. The van der Waals surface area contributed by atoms with Gasteiger partial charge in [-0.1, -0.05) is 30.0 Å². The maximum Gasteiger partial charge on any atom is 0.348 e. The van der Waals surface area contributed by atoms with Crippen molar-refractivity contribution in [3.8, 4) is 6.07 Å². The summed E-state index contributed by atoms with van der Waals surface area (Å²) in [4.78, 5) is 24.9. The summed E-state index contributed by atoms with van der Waals surface area (Å²) in [6, 6.07) is 2.04. The zero-order chi connectivity index (χ0) is 19.3. The normalized spacial score (nSPS) is 11.6. The van der Waals surface area contributed by atoms with Crippen molar-refractivity contribution >= 4 is 56.4 Å². The van der Waals surface area contributed by atoms with E-state index in [1.54, 1.807) is 13.8 Å². The minimum absolute atomic E-state index is 0.235. The molecule has 0 saturated heterocycles. The first-order chi connectivity index (χ1) is 12.4. The van der Waals surface area contributed by atoms with Crippen molar-refractivity contribution in [2.45, 2.75) is 36.8 Å². The molecule has 0 aliphatic carbocycles. The molecule has 0 fully saturated rings. The maximum absolute atomic E-state index is 12.6. The maximum atomic E-state index is 12.6. The lowest BCUT2D eigenvalue weighted by Gasteiger charge is -2.12. The van der Waals surface area contributed by atoms with Crippen LogP contribution >= 0.6 is 34.4 Å². The van der Waals surface area contributed by atoms with Crippen molar-refractivity contribution < 1.29 is 14.3 Å². The standard InChI is InChI=1S/C15H17N5O3S3/c1-4-9(24-15-20-19-14(17)26-15)11(21)18-12-8(6-16)7(3)10(25-12)13(22)23-5-2/h9H,4-5H2,1-3H3,(H2,17,19)(H,18,21). The van der Waals surface area contributed by atoms with Crippen molar-refractivity contribution in [2.24, 2.45) is 0 Å². The predicted octanol–water partition coefficient (Wildman–Crippen LogP) is 3.05. The number of nitrogens with two attached hydrogens (primary N) is 1. The number of hydrogen-bond acceptors (Lipinski definition) is 10. The van der Waals surface area contributed by atoms with Crippen LogP contribution in [0.3, 0.4) is 0 Å². The van der Waals surface area contributed by atoms with Gasteiger partial charge < -0.3 is 15.8 Å². The second kappa shape index (κ2) is 8.98. The van der Waals surface area contributed by atoms with Gasteiger partial charge in [0.2, 0.25) is 11.0 Å². The first-order valence-electron chi connectivity index (χ1n) is 7.68. The number of nitrogens with one attached hydrogen (secondary N) is 1. The molecule has 1 atom stereocenters. The number of thiophene rings is 1. The van der Waals surface area contributed by atoms with Crippen molar-refractivity contribution in [3.05, 3.63) is 16.0 Å². The Kier molecular flexibility index (Phi) is 6.96. The summed E-state index contributed by atoms with van der Waals surface area (Å²) < 4.78 is 5.59. The Bertz CT molecular complexity index is 855. The van der Waals surface area contributed by atoms with Gasteiger partial charge in [-0.05, 0) is 25.8 Å². The topological polar surface area (TPSA) is 131 Å². The SMILES string of the molecule is CCOC(=O)c1sc(NC(=O)C(CC)Sc2nnc(N)s2)c(C#N)c1C. The fourth-order valence-electron chi connectivity index (χ4n) is 2.03. The second-order valence-electron chi connectivity index (χ2n) is 5.00. The number of aromatic nitrogens is 2. The van der Waals surface area contributed by atoms with Crippen LogP contribution in [0.4, 0.5) is 10.1 Å². The average molecular weight is 412 g/mol. The number of carbonyl (C=O) groups is 2. The molecular weight excluding hydrogens is 394 g/mol. The molecule has 11 heteroatoms. The Morgan fingerprint density at radius 2 is 2.12 bits per heavy atom. The molecule has 2 heterocycles. The highest BCUT2D eigenvalue weighted by atomic mass is 32.2. The molecule has 0 spiro atoms. The van der Waals surface area contributed by atoms with Gasteiger partial charge in [-0.2, -0.15) is 5.26 Å². The number of anilines is 2. The molecular formula is C15H17N5O3S3. The van der Waals surface area contributed by atoms with E-state index in [-0.39, 0.29) is 18.1 Å². The third-order valence-electron chi connectivity index (χ3n) is 3.28. The number of nitriles is 1. The van der Waals surface area contributed by atoms with Crippen molar-refractivity contribution in [2.75, 3.05) is 17.7 Å². The van der Waals surface area contributed by atoms with Crippen LogP contribution in [0, 0.1) is 18.3 Å². The average Bonchev–Trinajstić information content (AvgIpc) is 3.15. The zero-order valence-corrected chi connectivity index (χ0v) is 16.8. The van der Waals surface area contributed by atoms with Gasteiger partial charge in [-0.3, -0.25) is 4.79 Å². The lowest BCUT2D eigenvalue weighted by Crippen LogP contribution is -2.24. The number of carbonyl (C=O) groups excluding carboxylic acids is 2. The number of thioether (sulfide) groups is 1. The predicted molar refractivity (Wildman–Crippen MR) is 103 cm³/mol. The van der Waals surface area contributed by atoms with E-state index in [2.05, 4.69) is 15.5 Å². The number of ether oxygens (including phenoxy) is 1. The number of hydrogen-bond donors (Lipinski definition) is 2. The lowest BCUT2D eigenvalue weighted by molar-refractivity contribution is -0.115. The minimum atomic E-state index is -0.502. The third kappa shape index (κ3) is 4.51. The monoisotopic (exact) mass is 411 g/mol. The van der Waals surface area contributed by atoms with Crippen LogP contribution < -0.4 is 11.1 Å². The Hall–Kier alpha value is -2.16.